The molecular weight excluding hydrogens is 261 g/mol. The number of nitrogens with zero attached hydrogens (tertiary/aromatic N) is 1. The lowest BCUT2D eigenvalue weighted by molar-refractivity contribution is 0.0692. The van der Waals surface area contributed by atoms with Crippen LogP contribution in [0.25, 0.3) is 0 Å². The van der Waals surface area contributed by atoms with Gasteiger partial charge in [0.15, 0.2) is 5.78 Å². The third-order valence-corrected chi connectivity index (χ3v) is 2.73. The minimum absolute atomic E-state index is 0.0388. The third-order valence-electron chi connectivity index (χ3n) is 2.73. The number of carboxylic acid groups (broad SMARTS) is 1. The average molecular weight is 269 g/mol. The number of halogens is 1. The first-order valence-corrected chi connectivity index (χ1v) is 5.60. The summed E-state index contributed by atoms with van der Waals surface area (Å²) in [5, 5.41) is 17.9. The normalized spacial score (nSPS) is 9.80. The molecule has 1 N–H and O–H groups in total. The van der Waals surface area contributed by atoms with Crippen molar-refractivity contribution in [3.05, 3.63) is 70.5 Å². The predicted octanol–water partition coefficient (Wildman–Crippen LogP) is 2.63. The minimum Gasteiger partial charge on any atom is -0.478 e. The monoisotopic (exact) mass is 269 g/mol. The second kappa shape index (κ2) is 5.33. The van der Waals surface area contributed by atoms with Crippen LogP contribution in [0.2, 0.25) is 0 Å². The number of carbonyl (C=O) groups excluding carboxylic acids is 1. The average Bonchev–Trinajstić information content (AvgIpc) is 2.46. The molecule has 0 aliphatic carbocycles. The molecule has 0 saturated carbocycles. The van der Waals surface area contributed by atoms with E-state index in [1.807, 2.05) is 6.07 Å². The fourth-order valence-electron chi connectivity index (χ4n) is 1.75. The van der Waals surface area contributed by atoms with E-state index < -0.39 is 17.6 Å². The van der Waals surface area contributed by atoms with Crippen LogP contribution in [-0.4, -0.2) is 16.9 Å². The van der Waals surface area contributed by atoms with E-state index in [4.69, 9.17) is 10.4 Å². The number of benzene rings is 2. The van der Waals surface area contributed by atoms with Crippen molar-refractivity contribution in [3.63, 3.8) is 0 Å². The van der Waals surface area contributed by atoms with E-state index in [9.17, 15) is 14.0 Å². The molecule has 0 aliphatic heterocycles. The van der Waals surface area contributed by atoms with Gasteiger partial charge in [0.2, 0.25) is 0 Å². The Hall–Kier alpha value is -3.00. The maximum atomic E-state index is 12.8. The smallest absolute Gasteiger partial charge is 0.336 e. The van der Waals surface area contributed by atoms with Crippen LogP contribution < -0.4 is 0 Å². The van der Waals surface area contributed by atoms with E-state index in [2.05, 4.69) is 0 Å². The van der Waals surface area contributed by atoms with Gasteiger partial charge in [0, 0.05) is 11.1 Å². The summed E-state index contributed by atoms with van der Waals surface area (Å²) in [6.45, 7) is 0. The molecule has 0 aliphatic rings. The molecule has 2 aromatic carbocycles. The molecule has 20 heavy (non-hydrogen) atoms. The van der Waals surface area contributed by atoms with Gasteiger partial charge < -0.3 is 5.11 Å². The number of carbonyl (C=O) groups is 2. The summed E-state index contributed by atoms with van der Waals surface area (Å²) in [6, 6.07) is 10.4. The third kappa shape index (κ3) is 2.54. The summed E-state index contributed by atoms with van der Waals surface area (Å²) in [7, 11) is 0. The highest BCUT2D eigenvalue weighted by atomic mass is 19.1. The van der Waals surface area contributed by atoms with Gasteiger partial charge in [0.1, 0.15) is 5.82 Å². The molecule has 0 spiro atoms. The Morgan fingerprint density at radius 2 is 1.70 bits per heavy atom. The van der Waals surface area contributed by atoms with Gasteiger partial charge in [-0.2, -0.15) is 5.26 Å². The number of rotatable bonds is 3. The van der Waals surface area contributed by atoms with Crippen LogP contribution in [0, 0.1) is 17.1 Å². The van der Waals surface area contributed by atoms with Crippen molar-refractivity contribution >= 4 is 11.8 Å². The van der Waals surface area contributed by atoms with E-state index in [1.165, 1.54) is 24.3 Å². The van der Waals surface area contributed by atoms with Gasteiger partial charge in [0.25, 0.3) is 0 Å². The van der Waals surface area contributed by atoms with Gasteiger partial charge in [0.05, 0.1) is 17.2 Å². The van der Waals surface area contributed by atoms with Crippen molar-refractivity contribution in [2.24, 2.45) is 0 Å². The van der Waals surface area contributed by atoms with E-state index >= 15 is 0 Å². The molecule has 4 nitrogen and oxygen atoms in total. The van der Waals surface area contributed by atoms with E-state index in [-0.39, 0.29) is 22.3 Å². The second-order valence-electron chi connectivity index (χ2n) is 4.01. The van der Waals surface area contributed by atoms with Crippen LogP contribution in [0.5, 0.6) is 0 Å². The van der Waals surface area contributed by atoms with E-state index in [1.54, 1.807) is 0 Å². The molecule has 0 saturated heterocycles. The molecule has 0 atom stereocenters. The van der Waals surface area contributed by atoms with Crippen molar-refractivity contribution in [1.29, 1.82) is 5.26 Å². The van der Waals surface area contributed by atoms with Crippen molar-refractivity contribution in [2.45, 2.75) is 0 Å². The SMILES string of the molecule is N#Cc1ccc(C(=O)c2ccc(F)cc2)c(C(=O)O)c1. The fourth-order valence-corrected chi connectivity index (χ4v) is 1.75. The fraction of sp³-hybridized carbons (Fsp3) is 0. The molecule has 0 amide bonds. The molecule has 2 rings (SSSR count). The highest BCUT2D eigenvalue weighted by molar-refractivity contribution is 6.14. The zero-order valence-corrected chi connectivity index (χ0v) is 10.1. The van der Waals surface area contributed by atoms with Crippen LogP contribution in [-0.2, 0) is 0 Å². The van der Waals surface area contributed by atoms with Gasteiger partial charge in [-0.1, -0.05) is 0 Å². The number of aromatic carboxylic acids is 1. The molecule has 0 unspecified atom stereocenters. The molecule has 5 heteroatoms. The number of hydrogen-bond donors (Lipinski definition) is 1. The molecule has 98 valence electrons. The summed E-state index contributed by atoms with van der Waals surface area (Å²) in [6.07, 6.45) is 0. The molecule has 0 bridgehead atoms. The van der Waals surface area contributed by atoms with Gasteiger partial charge in [-0.15, -0.1) is 0 Å². The Kier molecular flexibility index (Phi) is 3.58. The lowest BCUT2D eigenvalue weighted by Gasteiger charge is -2.06. The lowest BCUT2D eigenvalue weighted by atomic mass is 9.97. The molecular formula is C15H8FNO3. The number of nitriles is 1. The van der Waals surface area contributed by atoms with Gasteiger partial charge in [-0.25, -0.2) is 9.18 Å². The lowest BCUT2D eigenvalue weighted by Crippen LogP contribution is -2.10. The standard InChI is InChI=1S/C15H8FNO3/c16-11-4-2-10(3-5-11)14(18)12-6-1-9(8-17)7-13(12)15(19)20/h1-7H,(H,19,20). The zero-order valence-electron chi connectivity index (χ0n) is 10.1. The number of hydrogen-bond acceptors (Lipinski definition) is 3. The van der Waals surface area contributed by atoms with Crippen LogP contribution in [0.3, 0.4) is 0 Å². The first-order chi connectivity index (χ1) is 9.52. The maximum Gasteiger partial charge on any atom is 0.336 e. The predicted molar refractivity (Wildman–Crippen MR) is 67.9 cm³/mol. The Morgan fingerprint density at radius 1 is 1.05 bits per heavy atom. The Labute approximate surface area is 113 Å². The topological polar surface area (TPSA) is 78.2 Å². The summed E-state index contributed by atoms with van der Waals surface area (Å²) < 4.78 is 12.8. The van der Waals surface area contributed by atoms with Crippen LogP contribution >= 0.6 is 0 Å². The first kappa shape index (κ1) is 13.4. The second-order valence-corrected chi connectivity index (χ2v) is 4.01. The van der Waals surface area contributed by atoms with Crippen LogP contribution in [0.15, 0.2) is 42.5 Å². The summed E-state index contributed by atoms with van der Waals surface area (Å²) in [5.74, 6) is -2.32. The number of carboxylic acids is 1. The largest absolute Gasteiger partial charge is 0.478 e. The number of ketones is 1. The summed E-state index contributed by atoms with van der Waals surface area (Å²) >= 11 is 0. The Morgan fingerprint density at radius 3 is 2.25 bits per heavy atom. The van der Waals surface area contributed by atoms with Crippen molar-refractivity contribution in [1.82, 2.24) is 0 Å². The van der Waals surface area contributed by atoms with Crippen LogP contribution in [0.4, 0.5) is 4.39 Å². The highest BCUT2D eigenvalue weighted by Crippen LogP contribution is 2.17. The van der Waals surface area contributed by atoms with Crippen molar-refractivity contribution in [2.75, 3.05) is 0 Å². The van der Waals surface area contributed by atoms with Crippen molar-refractivity contribution < 1.29 is 19.1 Å². The van der Waals surface area contributed by atoms with Gasteiger partial charge in [-0.3, -0.25) is 4.79 Å². The first-order valence-electron chi connectivity index (χ1n) is 5.60. The molecule has 0 aromatic heterocycles. The Bertz CT molecular complexity index is 730. The molecule has 0 heterocycles. The summed E-state index contributed by atoms with van der Waals surface area (Å²) in [5.41, 5.74) is 0.0400. The van der Waals surface area contributed by atoms with E-state index in [0.29, 0.717) is 0 Å². The maximum absolute atomic E-state index is 12.8. The van der Waals surface area contributed by atoms with E-state index in [0.717, 1.165) is 18.2 Å². The van der Waals surface area contributed by atoms with Gasteiger partial charge >= 0.3 is 5.97 Å². The molecule has 0 fully saturated rings. The highest BCUT2D eigenvalue weighted by Gasteiger charge is 2.18. The minimum atomic E-state index is -1.30. The van der Waals surface area contributed by atoms with Gasteiger partial charge in [-0.05, 0) is 42.5 Å². The Balaban J connectivity index is 2.52. The molecule has 0 radical (unpaired) electrons. The molecule has 2 aromatic rings. The van der Waals surface area contributed by atoms with Crippen LogP contribution in [0.1, 0.15) is 31.8 Å². The van der Waals surface area contributed by atoms with Crippen molar-refractivity contribution in [3.8, 4) is 6.07 Å². The summed E-state index contributed by atoms with van der Waals surface area (Å²) in [4.78, 5) is 23.4. The zero-order chi connectivity index (χ0) is 14.7. The quantitative estimate of drug-likeness (QED) is 0.869.